The lowest BCUT2D eigenvalue weighted by molar-refractivity contribution is -0.139. The van der Waals surface area contributed by atoms with Gasteiger partial charge in [-0.05, 0) is 12.1 Å². The zero-order chi connectivity index (χ0) is 15.1. The fraction of sp³-hybridized carbons (Fsp3) is 0.385. The van der Waals surface area contributed by atoms with Crippen molar-refractivity contribution in [3.63, 3.8) is 0 Å². The van der Waals surface area contributed by atoms with Crippen molar-refractivity contribution >= 4 is 11.9 Å². The third kappa shape index (κ3) is 3.86. The molecular weight excluding hydrogens is 266 g/mol. The van der Waals surface area contributed by atoms with Crippen molar-refractivity contribution in [3.05, 3.63) is 23.8 Å². The number of hydrogen-bond donors (Lipinski definition) is 3. The number of ether oxygens (including phenoxy) is 2. The normalized spacial score (nSPS) is 11.6. The molecule has 1 aromatic rings. The lowest BCUT2D eigenvalue weighted by Gasteiger charge is -2.15. The van der Waals surface area contributed by atoms with Gasteiger partial charge in [0.2, 0.25) is 0 Å². The number of hydrogen-bond acceptors (Lipinski definition) is 5. The van der Waals surface area contributed by atoms with E-state index in [9.17, 15) is 9.59 Å². The standard InChI is InChI=1S/C13H17NO6/c1-19-8-3-4-9(11(7-8)20-2)12(16)14-10(5-6-15)13(17)18/h3-4,7,10,15H,5-6H2,1-2H3,(H,14,16)(H,17,18). The van der Waals surface area contributed by atoms with Gasteiger partial charge in [-0.15, -0.1) is 0 Å². The zero-order valence-electron chi connectivity index (χ0n) is 11.3. The molecule has 0 aromatic heterocycles. The highest BCUT2D eigenvalue weighted by molar-refractivity contribution is 5.99. The number of carboxylic acid groups (broad SMARTS) is 1. The van der Waals surface area contributed by atoms with Crippen LogP contribution in [0, 0.1) is 0 Å². The summed E-state index contributed by atoms with van der Waals surface area (Å²) >= 11 is 0. The van der Waals surface area contributed by atoms with Crippen LogP contribution in [-0.4, -0.2) is 49.0 Å². The molecule has 0 aliphatic carbocycles. The molecular formula is C13H17NO6. The zero-order valence-corrected chi connectivity index (χ0v) is 11.3. The minimum atomic E-state index is -1.21. The number of aliphatic hydroxyl groups excluding tert-OH is 1. The number of nitrogens with one attached hydrogen (secondary N) is 1. The molecule has 110 valence electrons. The average Bonchev–Trinajstić information content (AvgIpc) is 2.45. The fourth-order valence-corrected chi connectivity index (χ4v) is 1.61. The number of carbonyl (C=O) groups is 2. The summed E-state index contributed by atoms with van der Waals surface area (Å²) in [6.45, 7) is -0.336. The first-order valence-corrected chi connectivity index (χ1v) is 5.90. The van der Waals surface area contributed by atoms with Gasteiger partial charge in [-0.2, -0.15) is 0 Å². The molecule has 0 spiro atoms. The lowest BCUT2D eigenvalue weighted by atomic mass is 10.1. The summed E-state index contributed by atoms with van der Waals surface area (Å²) in [5.74, 6) is -1.01. The molecule has 7 nitrogen and oxygen atoms in total. The Morgan fingerprint density at radius 2 is 2.00 bits per heavy atom. The Balaban J connectivity index is 2.93. The number of aliphatic hydroxyl groups is 1. The Bertz CT molecular complexity index is 488. The molecule has 1 aromatic carbocycles. The van der Waals surface area contributed by atoms with Gasteiger partial charge in [0.05, 0.1) is 19.8 Å². The summed E-state index contributed by atoms with van der Waals surface area (Å²) in [4.78, 5) is 23.0. The number of carboxylic acids is 1. The van der Waals surface area contributed by atoms with Gasteiger partial charge in [0.15, 0.2) is 0 Å². The van der Waals surface area contributed by atoms with Crippen molar-refractivity contribution in [1.82, 2.24) is 5.32 Å². The Hall–Kier alpha value is -2.28. The van der Waals surface area contributed by atoms with Gasteiger partial charge in [-0.3, -0.25) is 4.79 Å². The van der Waals surface area contributed by atoms with Crippen LogP contribution in [0.3, 0.4) is 0 Å². The van der Waals surface area contributed by atoms with E-state index in [4.69, 9.17) is 19.7 Å². The molecule has 0 aliphatic heterocycles. The van der Waals surface area contributed by atoms with Crippen molar-refractivity contribution in [3.8, 4) is 11.5 Å². The molecule has 0 bridgehead atoms. The van der Waals surface area contributed by atoms with Crippen molar-refractivity contribution in [1.29, 1.82) is 0 Å². The summed E-state index contributed by atoms with van der Waals surface area (Å²) in [6.07, 6.45) is -0.0699. The van der Waals surface area contributed by atoms with E-state index in [-0.39, 0.29) is 24.3 Å². The van der Waals surface area contributed by atoms with Crippen LogP contribution in [0.15, 0.2) is 18.2 Å². The molecule has 1 rings (SSSR count). The van der Waals surface area contributed by atoms with E-state index >= 15 is 0 Å². The summed E-state index contributed by atoms with van der Waals surface area (Å²) in [5, 5.41) is 20.0. The van der Waals surface area contributed by atoms with Crippen LogP contribution in [0.1, 0.15) is 16.8 Å². The largest absolute Gasteiger partial charge is 0.497 e. The average molecular weight is 283 g/mol. The Labute approximate surface area is 116 Å². The third-order valence-corrected chi connectivity index (χ3v) is 2.67. The molecule has 0 aliphatic rings. The number of amides is 1. The Morgan fingerprint density at radius 3 is 2.50 bits per heavy atom. The van der Waals surface area contributed by atoms with Gasteiger partial charge in [-0.1, -0.05) is 0 Å². The lowest BCUT2D eigenvalue weighted by Crippen LogP contribution is -2.41. The first-order valence-electron chi connectivity index (χ1n) is 5.90. The predicted molar refractivity (Wildman–Crippen MR) is 70.1 cm³/mol. The maximum absolute atomic E-state index is 12.0. The predicted octanol–water partition coefficient (Wildman–Crippen LogP) is 0.269. The number of methoxy groups -OCH3 is 2. The van der Waals surface area contributed by atoms with Crippen LogP contribution < -0.4 is 14.8 Å². The van der Waals surface area contributed by atoms with Gasteiger partial charge in [0, 0.05) is 19.1 Å². The molecule has 0 saturated heterocycles. The number of rotatable bonds is 7. The maximum atomic E-state index is 12.0. The molecule has 1 unspecified atom stereocenters. The molecule has 0 heterocycles. The second-order valence-corrected chi connectivity index (χ2v) is 3.94. The second kappa shape index (κ2) is 7.34. The van der Waals surface area contributed by atoms with Crippen molar-refractivity contribution in [2.24, 2.45) is 0 Å². The van der Waals surface area contributed by atoms with Crippen LogP contribution in [0.5, 0.6) is 11.5 Å². The van der Waals surface area contributed by atoms with E-state index in [2.05, 4.69) is 5.32 Å². The molecule has 0 radical (unpaired) electrons. The van der Waals surface area contributed by atoms with E-state index in [1.54, 1.807) is 6.07 Å². The Kier molecular flexibility index (Phi) is 5.79. The van der Waals surface area contributed by atoms with Crippen molar-refractivity contribution in [2.75, 3.05) is 20.8 Å². The molecule has 1 atom stereocenters. The molecule has 7 heteroatoms. The van der Waals surface area contributed by atoms with E-state index in [0.717, 1.165) is 0 Å². The summed E-state index contributed by atoms with van der Waals surface area (Å²) in [5.41, 5.74) is 0.192. The van der Waals surface area contributed by atoms with Crippen LogP contribution >= 0.6 is 0 Å². The quantitative estimate of drug-likeness (QED) is 0.663. The van der Waals surface area contributed by atoms with E-state index in [1.807, 2.05) is 0 Å². The van der Waals surface area contributed by atoms with Crippen LogP contribution in [0.25, 0.3) is 0 Å². The van der Waals surface area contributed by atoms with Gasteiger partial charge in [0.25, 0.3) is 5.91 Å². The van der Waals surface area contributed by atoms with Crippen LogP contribution in [-0.2, 0) is 4.79 Å². The molecule has 20 heavy (non-hydrogen) atoms. The highest BCUT2D eigenvalue weighted by atomic mass is 16.5. The van der Waals surface area contributed by atoms with Crippen LogP contribution in [0.2, 0.25) is 0 Å². The highest BCUT2D eigenvalue weighted by Gasteiger charge is 2.22. The molecule has 0 saturated carbocycles. The van der Waals surface area contributed by atoms with E-state index in [0.29, 0.717) is 5.75 Å². The summed E-state index contributed by atoms with van der Waals surface area (Å²) in [7, 11) is 2.88. The van der Waals surface area contributed by atoms with Crippen molar-refractivity contribution in [2.45, 2.75) is 12.5 Å². The minimum Gasteiger partial charge on any atom is -0.497 e. The Morgan fingerprint density at radius 1 is 1.30 bits per heavy atom. The monoisotopic (exact) mass is 283 g/mol. The SMILES string of the molecule is COc1ccc(C(=O)NC(CCO)C(=O)O)c(OC)c1. The van der Waals surface area contributed by atoms with Crippen molar-refractivity contribution < 1.29 is 29.3 Å². The molecule has 1 amide bonds. The minimum absolute atomic E-state index is 0.0699. The van der Waals surface area contributed by atoms with Gasteiger partial charge in [0.1, 0.15) is 17.5 Å². The first kappa shape index (κ1) is 15.8. The van der Waals surface area contributed by atoms with E-state index in [1.165, 1.54) is 26.4 Å². The number of carbonyl (C=O) groups excluding carboxylic acids is 1. The first-order chi connectivity index (χ1) is 9.53. The summed E-state index contributed by atoms with van der Waals surface area (Å²) < 4.78 is 10.1. The molecule has 3 N–H and O–H groups in total. The van der Waals surface area contributed by atoms with E-state index < -0.39 is 17.9 Å². The molecule has 0 fully saturated rings. The third-order valence-electron chi connectivity index (χ3n) is 2.67. The number of aliphatic carboxylic acids is 1. The van der Waals surface area contributed by atoms with Crippen LogP contribution in [0.4, 0.5) is 0 Å². The second-order valence-electron chi connectivity index (χ2n) is 3.94. The fourth-order valence-electron chi connectivity index (χ4n) is 1.61. The number of benzene rings is 1. The maximum Gasteiger partial charge on any atom is 0.326 e. The van der Waals surface area contributed by atoms with Gasteiger partial charge >= 0.3 is 5.97 Å². The highest BCUT2D eigenvalue weighted by Crippen LogP contribution is 2.24. The summed E-state index contributed by atoms with van der Waals surface area (Å²) in [6, 6.07) is 3.42. The topological polar surface area (TPSA) is 105 Å². The van der Waals surface area contributed by atoms with Gasteiger partial charge in [-0.25, -0.2) is 4.79 Å². The smallest absolute Gasteiger partial charge is 0.326 e. The van der Waals surface area contributed by atoms with Gasteiger partial charge < -0.3 is 25.0 Å².